The number of methoxy groups -OCH3 is 1. The molecule has 260 valence electrons. The number of hydrogen-bond acceptors (Lipinski definition) is 7. The molecule has 1 atom stereocenters. The van der Waals surface area contributed by atoms with E-state index in [-0.39, 0.29) is 16.7 Å². The Morgan fingerprint density at radius 2 is 1.66 bits per heavy atom. The Morgan fingerprint density at radius 1 is 0.960 bits per heavy atom. The Balaban J connectivity index is 1.37. The molecule has 0 saturated carbocycles. The van der Waals surface area contributed by atoms with Gasteiger partial charge in [-0.1, -0.05) is 63.2 Å². The van der Waals surface area contributed by atoms with E-state index < -0.39 is 11.4 Å². The molecule has 2 aromatic heterocycles. The highest BCUT2D eigenvalue weighted by Gasteiger charge is 2.34. The second kappa shape index (κ2) is 13.8. The van der Waals surface area contributed by atoms with Crippen LogP contribution in [0.4, 0.5) is 5.69 Å². The van der Waals surface area contributed by atoms with Crippen LogP contribution in [0.25, 0.3) is 22.3 Å². The number of benzene rings is 3. The van der Waals surface area contributed by atoms with Crippen LogP contribution in [0.1, 0.15) is 58.4 Å². The highest BCUT2D eigenvalue weighted by atomic mass is 32.2. The fourth-order valence-electron chi connectivity index (χ4n) is 6.44. The molecule has 0 radical (unpaired) electrons. The van der Waals surface area contributed by atoms with Crippen LogP contribution in [0, 0.1) is 5.41 Å². The molecule has 3 aromatic carbocycles. The monoisotopic (exact) mass is 692 g/mol. The summed E-state index contributed by atoms with van der Waals surface area (Å²) in [7, 11) is 1.59. The summed E-state index contributed by atoms with van der Waals surface area (Å²) in [6.07, 6.45) is 4.38. The molecule has 10 heteroatoms. The van der Waals surface area contributed by atoms with Crippen molar-refractivity contribution in [1.29, 1.82) is 0 Å². The van der Waals surface area contributed by atoms with Gasteiger partial charge in [-0.2, -0.15) is 0 Å². The van der Waals surface area contributed by atoms with Crippen LogP contribution in [0.15, 0.2) is 84.0 Å². The Kier molecular flexibility index (Phi) is 9.68. The van der Waals surface area contributed by atoms with Crippen LogP contribution >= 0.6 is 11.8 Å². The fourth-order valence-corrected chi connectivity index (χ4v) is 7.63. The first-order valence-electron chi connectivity index (χ1n) is 16.8. The molecule has 50 heavy (non-hydrogen) atoms. The average molecular weight is 693 g/mol. The number of anilines is 1. The topological polar surface area (TPSA) is 107 Å². The average Bonchev–Trinajstić information content (AvgIpc) is 3.58. The summed E-state index contributed by atoms with van der Waals surface area (Å²) in [6.45, 7) is 12.6. The van der Waals surface area contributed by atoms with Gasteiger partial charge in [0.2, 0.25) is 5.91 Å². The summed E-state index contributed by atoms with van der Waals surface area (Å²) in [5, 5.41) is 11.2. The van der Waals surface area contributed by atoms with Gasteiger partial charge in [-0.3, -0.25) is 9.59 Å². The molecule has 1 amide bonds. The minimum absolute atomic E-state index is 0.00446. The van der Waals surface area contributed by atoms with E-state index in [9.17, 15) is 14.7 Å². The molecule has 1 N–H and O–H groups in total. The van der Waals surface area contributed by atoms with E-state index in [0.717, 1.165) is 50.3 Å². The summed E-state index contributed by atoms with van der Waals surface area (Å²) in [5.41, 5.74) is 5.01. The second-order valence-electron chi connectivity index (χ2n) is 14.5. The number of carbonyl (C=O) groups is 2. The summed E-state index contributed by atoms with van der Waals surface area (Å²) < 4.78 is 13.8. The van der Waals surface area contributed by atoms with Crippen LogP contribution < -0.4 is 14.4 Å². The zero-order valence-electron chi connectivity index (χ0n) is 29.7. The van der Waals surface area contributed by atoms with Gasteiger partial charge in [0.15, 0.2) is 11.6 Å². The molecule has 9 nitrogen and oxygen atoms in total. The lowest BCUT2D eigenvalue weighted by Crippen LogP contribution is -2.40. The van der Waals surface area contributed by atoms with Crippen molar-refractivity contribution >= 4 is 40.2 Å². The van der Waals surface area contributed by atoms with Crippen LogP contribution in [0.2, 0.25) is 0 Å². The van der Waals surface area contributed by atoms with Crippen molar-refractivity contribution in [3.63, 3.8) is 0 Å². The highest BCUT2D eigenvalue weighted by molar-refractivity contribution is 8.00. The molecule has 1 aliphatic rings. The van der Waals surface area contributed by atoms with E-state index >= 15 is 0 Å². The van der Waals surface area contributed by atoms with Gasteiger partial charge >= 0.3 is 5.97 Å². The van der Waals surface area contributed by atoms with Crippen molar-refractivity contribution in [2.24, 2.45) is 5.41 Å². The van der Waals surface area contributed by atoms with Crippen molar-refractivity contribution in [2.45, 2.75) is 76.6 Å². The molecule has 0 saturated heterocycles. The largest absolute Gasteiger partial charge is 0.494 e. The standard InChI is InChI=1S/C40H44N4O5S/c1-25(45)44-29(18-28-10-8-9-11-33(28)44)24-49-30-16-17-34-32(19-30)36(50-39(2,3)4)35(20-40(5,6)38(46)47)43(34)23-26-12-14-27(15-13-26)37-41-21-31(48-7)22-42-37/h8-17,19,21-22,29H,18,20,23-24H2,1-7H3,(H,46,47). The minimum atomic E-state index is -0.998. The van der Waals surface area contributed by atoms with Crippen molar-refractivity contribution in [1.82, 2.24) is 14.5 Å². The lowest BCUT2D eigenvalue weighted by molar-refractivity contribution is -0.146. The Labute approximate surface area is 297 Å². The predicted octanol–water partition coefficient (Wildman–Crippen LogP) is 8.06. The zero-order chi connectivity index (χ0) is 35.8. The third-order valence-corrected chi connectivity index (χ3v) is 10.2. The van der Waals surface area contributed by atoms with Crippen molar-refractivity contribution < 1.29 is 24.2 Å². The number of carboxylic acids is 1. The van der Waals surface area contributed by atoms with E-state index in [1.807, 2.05) is 41.3 Å². The second-order valence-corrected chi connectivity index (χ2v) is 16.3. The van der Waals surface area contributed by atoms with Gasteiger partial charge in [0, 0.05) is 57.4 Å². The van der Waals surface area contributed by atoms with Crippen LogP contribution in [-0.2, 0) is 29.0 Å². The maximum Gasteiger partial charge on any atom is 0.309 e. The number of carbonyl (C=O) groups excluding carboxylic acids is 1. The first-order chi connectivity index (χ1) is 23.7. The lowest BCUT2D eigenvalue weighted by atomic mass is 9.88. The normalized spacial score (nSPS) is 14.5. The molecular formula is C40H44N4O5S. The number of aliphatic carboxylic acids is 1. The molecule has 5 aromatic rings. The minimum Gasteiger partial charge on any atom is -0.494 e. The van der Waals surface area contributed by atoms with Gasteiger partial charge < -0.3 is 24.0 Å². The molecular weight excluding hydrogens is 649 g/mol. The number of aromatic nitrogens is 3. The third kappa shape index (κ3) is 7.35. The number of carboxylic acid groups (broad SMARTS) is 1. The van der Waals surface area contributed by atoms with E-state index in [1.54, 1.807) is 52.0 Å². The molecule has 1 unspecified atom stereocenters. The van der Waals surface area contributed by atoms with E-state index in [4.69, 9.17) is 9.47 Å². The van der Waals surface area contributed by atoms with Gasteiger partial charge in [0.05, 0.1) is 31.0 Å². The lowest BCUT2D eigenvalue weighted by Gasteiger charge is -2.24. The fraction of sp³-hybridized carbons (Fsp3) is 0.350. The number of fused-ring (bicyclic) bond motifs is 2. The van der Waals surface area contributed by atoms with Crippen LogP contribution in [0.3, 0.4) is 0 Å². The maximum atomic E-state index is 12.7. The van der Waals surface area contributed by atoms with E-state index in [2.05, 4.69) is 65.6 Å². The zero-order valence-corrected chi connectivity index (χ0v) is 30.5. The first kappa shape index (κ1) is 35.0. The van der Waals surface area contributed by atoms with Crippen LogP contribution in [-0.4, -0.2) is 56.0 Å². The molecule has 6 rings (SSSR count). The molecule has 0 aliphatic carbocycles. The van der Waals surface area contributed by atoms with Gasteiger partial charge in [-0.25, -0.2) is 9.97 Å². The number of nitrogens with zero attached hydrogens (tertiary/aromatic N) is 4. The first-order valence-corrected chi connectivity index (χ1v) is 17.6. The van der Waals surface area contributed by atoms with Crippen molar-refractivity contribution in [3.8, 4) is 22.9 Å². The molecule has 0 fully saturated rings. The third-order valence-electron chi connectivity index (χ3n) is 8.96. The number of hydrogen-bond donors (Lipinski definition) is 1. The van der Waals surface area contributed by atoms with Gasteiger partial charge in [-0.05, 0) is 55.7 Å². The quantitative estimate of drug-likeness (QED) is 0.139. The number of amides is 1. The number of rotatable bonds is 11. The Hall–Kier alpha value is -4.83. The van der Waals surface area contributed by atoms with Gasteiger partial charge in [-0.15, -0.1) is 11.8 Å². The number of para-hydroxylation sites is 1. The smallest absolute Gasteiger partial charge is 0.309 e. The SMILES string of the molecule is COc1cnc(-c2ccc(Cn3c(CC(C)(C)C(=O)O)c(SC(C)(C)C)c4cc(OCC5Cc6ccccc6N5C(C)=O)ccc43)cc2)nc1. The van der Waals surface area contributed by atoms with E-state index in [0.29, 0.717) is 36.9 Å². The van der Waals surface area contributed by atoms with Gasteiger partial charge in [0.25, 0.3) is 0 Å². The molecule has 0 bridgehead atoms. The van der Waals surface area contributed by atoms with Crippen molar-refractivity contribution in [3.05, 3.63) is 95.9 Å². The molecule has 3 heterocycles. The molecule has 1 aliphatic heterocycles. The summed E-state index contributed by atoms with van der Waals surface area (Å²) in [4.78, 5) is 36.9. The van der Waals surface area contributed by atoms with Gasteiger partial charge in [0.1, 0.15) is 12.4 Å². The van der Waals surface area contributed by atoms with E-state index in [1.165, 1.54) is 0 Å². The predicted molar refractivity (Wildman–Crippen MR) is 198 cm³/mol. The Bertz CT molecular complexity index is 2030. The number of ether oxygens (including phenoxy) is 2. The molecule has 0 spiro atoms. The van der Waals surface area contributed by atoms with Crippen molar-refractivity contribution in [2.75, 3.05) is 18.6 Å². The summed E-state index contributed by atoms with van der Waals surface area (Å²) >= 11 is 1.74. The summed E-state index contributed by atoms with van der Waals surface area (Å²) in [5.74, 6) is 1.06. The van der Waals surface area contributed by atoms with Crippen LogP contribution in [0.5, 0.6) is 11.5 Å². The Morgan fingerprint density at radius 3 is 2.30 bits per heavy atom. The maximum absolute atomic E-state index is 12.7. The highest BCUT2D eigenvalue weighted by Crippen LogP contribution is 2.44. The number of thioether (sulfide) groups is 1. The summed E-state index contributed by atoms with van der Waals surface area (Å²) in [6, 6.07) is 22.2.